The molecule has 3 rings (SSSR count). The quantitative estimate of drug-likeness (QED) is 0.836. The third-order valence-corrected chi connectivity index (χ3v) is 4.52. The number of hydrogen-bond acceptors (Lipinski definition) is 3. The highest BCUT2D eigenvalue weighted by molar-refractivity contribution is 5.94. The first-order valence-electron chi connectivity index (χ1n) is 9.34. The summed E-state index contributed by atoms with van der Waals surface area (Å²) in [6.45, 7) is 12.7. The van der Waals surface area contributed by atoms with Gasteiger partial charge in [-0.1, -0.05) is 19.9 Å². The van der Waals surface area contributed by atoms with Crippen LogP contribution < -0.4 is 4.74 Å². The van der Waals surface area contributed by atoms with Crippen LogP contribution in [0.4, 0.5) is 0 Å². The van der Waals surface area contributed by atoms with E-state index in [0.29, 0.717) is 31.2 Å². The topological polar surface area (TPSA) is 47.4 Å². The van der Waals surface area contributed by atoms with E-state index in [1.54, 1.807) is 0 Å². The third kappa shape index (κ3) is 3.92. The molecule has 0 atom stereocenters. The highest BCUT2D eigenvalue weighted by Crippen LogP contribution is 2.25. The summed E-state index contributed by atoms with van der Waals surface area (Å²) < 4.78 is 7.85. The van der Waals surface area contributed by atoms with E-state index in [1.165, 1.54) is 5.69 Å². The van der Waals surface area contributed by atoms with Crippen molar-refractivity contribution in [2.45, 2.75) is 53.1 Å². The lowest BCUT2D eigenvalue weighted by Gasteiger charge is -2.30. The van der Waals surface area contributed by atoms with E-state index >= 15 is 0 Å². The van der Waals surface area contributed by atoms with Gasteiger partial charge in [-0.3, -0.25) is 9.48 Å². The van der Waals surface area contributed by atoms with Gasteiger partial charge in [-0.05, 0) is 44.9 Å². The van der Waals surface area contributed by atoms with Crippen LogP contribution in [-0.2, 0) is 18.5 Å². The molecule has 2 aromatic rings. The molecule has 0 N–H and O–H groups in total. The van der Waals surface area contributed by atoms with Gasteiger partial charge >= 0.3 is 0 Å². The average Bonchev–Trinajstić information content (AvgIpc) is 3.03. The number of benzene rings is 1. The zero-order valence-electron chi connectivity index (χ0n) is 16.5. The molecule has 5 nitrogen and oxygen atoms in total. The predicted octanol–water partition coefficient (Wildman–Crippen LogP) is 3.87. The number of amides is 1. The van der Waals surface area contributed by atoms with Crippen LogP contribution >= 0.6 is 0 Å². The van der Waals surface area contributed by atoms with E-state index in [4.69, 9.17) is 4.74 Å². The lowest BCUT2D eigenvalue weighted by atomic mass is 10.0. The number of carbonyl (C=O) groups is 1. The Bertz CT molecular complexity index is 787. The second-order valence-corrected chi connectivity index (χ2v) is 8.41. The maximum atomic E-state index is 12.9. The summed E-state index contributed by atoms with van der Waals surface area (Å²) in [5, 5.41) is 4.55. The summed E-state index contributed by atoms with van der Waals surface area (Å²) in [7, 11) is 0. The minimum atomic E-state index is -0.0398. The highest BCUT2D eigenvalue weighted by atomic mass is 16.5. The summed E-state index contributed by atoms with van der Waals surface area (Å²) in [6, 6.07) is 7.49. The zero-order valence-corrected chi connectivity index (χ0v) is 16.5. The molecule has 0 unspecified atom stereocenters. The van der Waals surface area contributed by atoms with Crippen LogP contribution in [0.2, 0.25) is 0 Å². The lowest BCUT2D eigenvalue weighted by Crippen LogP contribution is -2.37. The summed E-state index contributed by atoms with van der Waals surface area (Å²) in [4.78, 5) is 14.8. The van der Waals surface area contributed by atoms with Gasteiger partial charge in [0.05, 0.1) is 18.3 Å². The monoisotopic (exact) mass is 355 g/mol. The summed E-state index contributed by atoms with van der Waals surface area (Å²) >= 11 is 0. The molecule has 0 aliphatic carbocycles. The van der Waals surface area contributed by atoms with E-state index in [2.05, 4.69) is 44.4 Å². The van der Waals surface area contributed by atoms with Crippen LogP contribution in [0.15, 0.2) is 30.5 Å². The first-order valence-corrected chi connectivity index (χ1v) is 9.34. The Labute approximate surface area is 156 Å². The zero-order chi connectivity index (χ0) is 18.9. The van der Waals surface area contributed by atoms with Crippen molar-refractivity contribution < 1.29 is 9.53 Å². The first-order chi connectivity index (χ1) is 12.3. The molecule has 1 aromatic heterocycles. The van der Waals surface area contributed by atoms with Gasteiger partial charge in [-0.2, -0.15) is 5.10 Å². The van der Waals surface area contributed by atoms with Gasteiger partial charge in [0.2, 0.25) is 0 Å². The molecule has 140 valence electrons. The molecule has 0 spiro atoms. The summed E-state index contributed by atoms with van der Waals surface area (Å²) in [5.41, 5.74) is 3.03. The van der Waals surface area contributed by atoms with Crippen molar-refractivity contribution in [2.24, 2.45) is 5.92 Å². The van der Waals surface area contributed by atoms with Crippen LogP contribution in [0.3, 0.4) is 0 Å². The standard InChI is InChI=1S/C21H29N3O2/c1-15(2)14-26-18-8-6-7-16(11-18)20(25)23-10-9-19-17(13-23)12-22-24(19)21(3,4)5/h6-8,11-12,15H,9-10,13-14H2,1-5H3. The molecule has 5 heteroatoms. The molecule has 0 saturated heterocycles. The number of nitrogens with zero attached hydrogens (tertiary/aromatic N) is 3. The van der Waals surface area contributed by atoms with E-state index in [-0.39, 0.29) is 11.4 Å². The highest BCUT2D eigenvalue weighted by Gasteiger charge is 2.28. The molecule has 0 saturated carbocycles. The number of carbonyl (C=O) groups excluding carboxylic acids is 1. The maximum absolute atomic E-state index is 12.9. The fraction of sp³-hybridized carbons (Fsp3) is 0.524. The number of hydrogen-bond donors (Lipinski definition) is 0. The normalized spacial score (nSPS) is 14.5. The van der Waals surface area contributed by atoms with Crippen LogP contribution in [0.1, 0.15) is 56.2 Å². The van der Waals surface area contributed by atoms with Crippen LogP contribution in [0.25, 0.3) is 0 Å². The number of fused-ring (bicyclic) bond motifs is 1. The fourth-order valence-corrected chi connectivity index (χ4v) is 3.25. The average molecular weight is 355 g/mol. The Morgan fingerprint density at radius 2 is 2.08 bits per heavy atom. The lowest BCUT2D eigenvalue weighted by molar-refractivity contribution is 0.0731. The molecule has 1 aromatic carbocycles. The minimum absolute atomic E-state index is 0.0398. The van der Waals surface area contributed by atoms with Crippen molar-refractivity contribution in [1.29, 1.82) is 0 Å². The molecule has 2 heterocycles. The number of aromatic nitrogens is 2. The Kier molecular flexibility index (Phi) is 5.08. The van der Waals surface area contributed by atoms with E-state index in [0.717, 1.165) is 17.7 Å². The summed E-state index contributed by atoms with van der Waals surface area (Å²) in [6.07, 6.45) is 2.74. The Morgan fingerprint density at radius 1 is 1.31 bits per heavy atom. The van der Waals surface area contributed by atoms with Crippen LogP contribution in [0, 0.1) is 5.92 Å². The van der Waals surface area contributed by atoms with Gasteiger partial charge in [-0.25, -0.2) is 0 Å². The van der Waals surface area contributed by atoms with Crippen molar-refractivity contribution in [3.8, 4) is 5.75 Å². The van der Waals surface area contributed by atoms with Gasteiger partial charge in [0.15, 0.2) is 0 Å². The van der Waals surface area contributed by atoms with Crippen molar-refractivity contribution >= 4 is 5.91 Å². The van der Waals surface area contributed by atoms with Crippen molar-refractivity contribution in [2.75, 3.05) is 13.2 Å². The molecule has 0 bridgehead atoms. The Balaban J connectivity index is 1.74. The van der Waals surface area contributed by atoms with Crippen LogP contribution in [-0.4, -0.2) is 33.7 Å². The third-order valence-electron chi connectivity index (χ3n) is 4.52. The molecular formula is C21H29N3O2. The van der Waals surface area contributed by atoms with Gasteiger partial charge in [-0.15, -0.1) is 0 Å². The van der Waals surface area contributed by atoms with Gasteiger partial charge in [0.25, 0.3) is 5.91 Å². The molecule has 26 heavy (non-hydrogen) atoms. The van der Waals surface area contributed by atoms with Gasteiger partial charge in [0, 0.05) is 36.3 Å². The first kappa shape index (κ1) is 18.5. The summed E-state index contributed by atoms with van der Waals surface area (Å²) in [5.74, 6) is 1.26. The number of ether oxygens (including phenoxy) is 1. The molecule has 1 aliphatic heterocycles. The Hall–Kier alpha value is -2.30. The number of rotatable bonds is 4. The van der Waals surface area contributed by atoms with Crippen molar-refractivity contribution in [3.63, 3.8) is 0 Å². The molecule has 1 aliphatic rings. The van der Waals surface area contributed by atoms with Gasteiger partial charge < -0.3 is 9.64 Å². The maximum Gasteiger partial charge on any atom is 0.254 e. The largest absolute Gasteiger partial charge is 0.493 e. The molecule has 0 radical (unpaired) electrons. The SMILES string of the molecule is CC(C)COc1cccc(C(=O)N2CCc3c(cnn3C(C)(C)C)C2)c1. The van der Waals surface area contributed by atoms with Crippen molar-refractivity contribution in [1.82, 2.24) is 14.7 Å². The Morgan fingerprint density at radius 3 is 2.77 bits per heavy atom. The molecule has 1 amide bonds. The smallest absolute Gasteiger partial charge is 0.254 e. The molecule has 0 fully saturated rings. The second-order valence-electron chi connectivity index (χ2n) is 8.41. The van der Waals surface area contributed by atoms with E-state index < -0.39 is 0 Å². The van der Waals surface area contributed by atoms with Crippen LogP contribution in [0.5, 0.6) is 5.75 Å². The predicted molar refractivity (Wildman–Crippen MR) is 102 cm³/mol. The molecular weight excluding hydrogens is 326 g/mol. The van der Waals surface area contributed by atoms with E-state index in [1.807, 2.05) is 35.4 Å². The minimum Gasteiger partial charge on any atom is -0.493 e. The fourth-order valence-electron chi connectivity index (χ4n) is 3.25. The second kappa shape index (κ2) is 7.14. The van der Waals surface area contributed by atoms with E-state index in [9.17, 15) is 4.79 Å². The van der Waals surface area contributed by atoms with Gasteiger partial charge in [0.1, 0.15) is 5.75 Å². The van der Waals surface area contributed by atoms with Crippen molar-refractivity contribution in [3.05, 3.63) is 47.3 Å².